The Bertz CT molecular complexity index is 1380. The Labute approximate surface area is 190 Å². The molecule has 154 valence electrons. The Morgan fingerprint density at radius 2 is 1.87 bits per heavy atom. The summed E-state index contributed by atoms with van der Waals surface area (Å²) < 4.78 is 11.9. The molecule has 2 aromatic carbocycles. The lowest BCUT2D eigenvalue weighted by Gasteiger charge is -2.24. The molecule has 8 heteroatoms. The number of hydrogen-bond acceptors (Lipinski definition) is 5. The summed E-state index contributed by atoms with van der Waals surface area (Å²) in [7, 11) is 1.58. The van der Waals surface area contributed by atoms with Gasteiger partial charge in [-0.25, -0.2) is 4.98 Å². The average Bonchev–Trinajstić information content (AvgIpc) is 3.07. The first-order valence-corrected chi connectivity index (χ1v) is 10.5. The van der Waals surface area contributed by atoms with E-state index in [1.807, 2.05) is 12.1 Å². The quantitative estimate of drug-likeness (QED) is 0.381. The van der Waals surface area contributed by atoms with Crippen molar-refractivity contribution < 1.29 is 13.9 Å². The molecule has 4 aromatic rings. The van der Waals surface area contributed by atoms with Gasteiger partial charge in [-0.2, -0.15) is 0 Å². The Kier molecular flexibility index (Phi) is 4.79. The lowest BCUT2D eigenvalue weighted by molar-refractivity contribution is 0.0970. The van der Waals surface area contributed by atoms with Crippen molar-refractivity contribution in [2.75, 3.05) is 12.0 Å². The van der Waals surface area contributed by atoms with Crippen molar-refractivity contribution in [3.05, 3.63) is 97.4 Å². The lowest BCUT2D eigenvalue weighted by atomic mass is 9.98. The predicted octanol–water partition coefficient (Wildman–Crippen LogP) is 5.36. The van der Waals surface area contributed by atoms with Gasteiger partial charge in [0.15, 0.2) is 5.43 Å². The predicted molar refractivity (Wildman–Crippen MR) is 121 cm³/mol. The third kappa shape index (κ3) is 3.21. The van der Waals surface area contributed by atoms with Gasteiger partial charge in [-0.3, -0.25) is 14.5 Å². The van der Waals surface area contributed by atoms with Crippen molar-refractivity contribution in [2.45, 2.75) is 6.04 Å². The van der Waals surface area contributed by atoms with Gasteiger partial charge < -0.3 is 9.15 Å². The number of methoxy groups -OCH3 is 1. The Hall–Kier alpha value is -3.16. The molecule has 0 N–H and O–H groups in total. The van der Waals surface area contributed by atoms with E-state index in [0.717, 1.165) is 10.0 Å². The number of fused-ring (bicyclic) bond motifs is 2. The van der Waals surface area contributed by atoms with Gasteiger partial charge in [0, 0.05) is 10.7 Å². The van der Waals surface area contributed by atoms with Crippen molar-refractivity contribution in [3.63, 3.8) is 0 Å². The minimum atomic E-state index is -0.707. The largest absolute Gasteiger partial charge is 0.497 e. The number of carbonyl (C=O) groups is 1. The third-order valence-corrected chi connectivity index (χ3v) is 5.94. The highest BCUT2D eigenvalue weighted by molar-refractivity contribution is 9.10. The van der Waals surface area contributed by atoms with Crippen molar-refractivity contribution in [3.8, 4) is 5.75 Å². The monoisotopic (exact) mass is 496 g/mol. The Balaban J connectivity index is 1.79. The number of ether oxygens (including phenoxy) is 1. The molecule has 0 spiro atoms. The molecular weight excluding hydrogens is 484 g/mol. The summed E-state index contributed by atoms with van der Waals surface area (Å²) in [6.07, 6.45) is 1.46. The van der Waals surface area contributed by atoms with Gasteiger partial charge in [0.25, 0.3) is 5.91 Å². The molecule has 0 aliphatic carbocycles. The molecule has 0 bridgehead atoms. The maximum atomic E-state index is 13.5. The summed E-state index contributed by atoms with van der Waals surface area (Å²) in [6, 6.07) is 14.9. The van der Waals surface area contributed by atoms with Gasteiger partial charge in [0.1, 0.15) is 17.2 Å². The highest BCUT2D eigenvalue weighted by atomic mass is 79.9. The van der Waals surface area contributed by atoms with E-state index < -0.39 is 11.9 Å². The van der Waals surface area contributed by atoms with E-state index in [2.05, 4.69) is 20.9 Å². The molecule has 1 unspecified atom stereocenters. The van der Waals surface area contributed by atoms with Crippen LogP contribution in [-0.4, -0.2) is 18.0 Å². The molecule has 1 aliphatic rings. The second-order valence-corrected chi connectivity index (χ2v) is 8.35. The van der Waals surface area contributed by atoms with Gasteiger partial charge in [-0.05, 0) is 48.0 Å². The van der Waals surface area contributed by atoms with Crippen LogP contribution in [0.2, 0.25) is 5.02 Å². The van der Waals surface area contributed by atoms with E-state index in [1.54, 1.807) is 49.6 Å². The van der Waals surface area contributed by atoms with Crippen LogP contribution in [0.5, 0.6) is 5.75 Å². The summed E-state index contributed by atoms with van der Waals surface area (Å²) in [4.78, 5) is 32.7. The van der Waals surface area contributed by atoms with E-state index >= 15 is 0 Å². The van der Waals surface area contributed by atoms with Crippen LogP contribution in [0.15, 0.2) is 74.5 Å². The van der Waals surface area contributed by atoms with Crippen molar-refractivity contribution in [1.29, 1.82) is 0 Å². The molecule has 0 saturated heterocycles. The fraction of sp³-hybridized carbons (Fsp3) is 0.0870. The van der Waals surface area contributed by atoms with E-state index in [1.165, 1.54) is 11.1 Å². The topological polar surface area (TPSA) is 72.6 Å². The molecule has 1 amide bonds. The van der Waals surface area contributed by atoms with Crippen LogP contribution in [0.25, 0.3) is 11.0 Å². The fourth-order valence-electron chi connectivity index (χ4n) is 3.79. The highest BCUT2D eigenvalue weighted by Gasteiger charge is 2.44. The van der Waals surface area contributed by atoms with Crippen LogP contribution in [-0.2, 0) is 0 Å². The Morgan fingerprint density at radius 1 is 1.10 bits per heavy atom. The SMILES string of the molecule is COc1ccc(C2c3c(oc4ccc(Br)cc4c3=O)C(=O)N2c2ccc(Cl)cn2)cc1. The molecule has 1 aliphatic heterocycles. The first-order valence-electron chi connectivity index (χ1n) is 9.33. The zero-order valence-electron chi connectivity index (χ0n) is 16.1. The summed E-state index contributed by atoms with van der Waals surface area (Å²) in [5.74, 6) is 0.607. The second kappa shape index (κ2) is 7.51. The van der Waals surface area contributed by atoms with Crippen molar-refractivity contribution in [1.82, 2.24) is 4.98 Å². The number of anilines is 1. The molecule has 5 rings (SSSR count). The normalized spacial score (nSPS) is 15.4. The number of amides is 1. The summed E-state index contributed by atoms with van der Waals surface area (Å²) in [5, 5.41) is 0.837. The molecule has 0 saturated carbocycles. The van der Waals surface area contributed by atoms with Crippen LogP contribution >= 0.6 is 27.5 Å². The van der Waals surface area contributed by atoms with Gasteiger partial charge in [0.05, 0.1) is 29.1 Å². The number of carbonyl (C=O) groups excluding carboxylic acids is 1. The molecule has 31 heavy (non-hydrogen) atoms. The fourth-order valence-corrected chi connectivity index (χ4v) is 4.27. The van der Waals surface area contributed by atoms with Crippen molar-refractivity contribution >= 4 is 50.2 Å². The van der Waals surface area contributed by atoms with Gasteiger partial charge in [0.2, 0.25) is 5.76 Å². The number of hydrogen-bond donors (Lipinski definition) is 0. The molecule has 0 fully saturated rings. The standard InChI is InChI=1S/C23H14BrClN2O4/c1-30-15-6-2-12(3-7-15)20-19-21(28)16-10-13(24)4-8-17(16)31-22(19)23(29)27(20)18-9-5-14(25)11-26-18/h2-11,20H,1H3. The molecule has 6 nitrogen and oxygen atoms in total. The molecule has 2 aromatic heterocycles. The maximum Gasteiger partial charge on any atom is 0.296 e. The molecule has 1 atom stereocenters. The number of rotatable bonds is 3. The summed E-state index contributed by atoms with van der Waals surface area (Å²) in [6.45, 7) is 0. The van der Waals surface area contributed by atoms with Crippen LogP contribution in [0.3, 0.4) is 0 Å². The van der Waals surface area contributed by atoms with Gasteiger partial charge >= 0.3 is 0 Å². The molecular formula is C23H14BrClN2O4. The number of pyridine rings is 1. The van der Waals surface area contributed by atoms with Gasteiger partial charge in [-0.1, -0.05) is 39.7 Å². The third-order valence-electron chi connectivity index (χ3n) is 5.22. The number of aromatic nitrogens is 1. The van der Waals surface area contributed by atoms with Gasteiger partial charge in [-0.15, -0.1) is 0 Å². The van der Waals surface area contributed by atoms with Crippen LogP contribution in [0, 0.1) is 0 Å². The lowest BCUT2D eigenvalue weighted by Crippen LogP contribution is -2.30. The first-order chi connectivity index (χ1) is 15.0. The van der Waals surface area contributed by atoms with Crippen LogP contribution in [0.4, 0.5) is 5.82 Å². The van der Waals surface area contributed by atoms with Crippen LogP contribution in [0.1, 0.15) is 27.7 Å². The zero-order valence-corrected chi connectivity index (χ0v) is 18.5. The zero-order chi connectivity index (χ0) is 21.7. The molecule has 3 heterocycles. The molecule has 0 radical (unpaired) electrons. The highest BCUT2D eigenvalue weighted by Crippen LogP contribution is 2.41. The number of nitrogens with zero attached hydrogens (tertiary/aromatic N) is 2. The second-order valence-electron chi connectivity index (χ2n) is 7.00. The van der Waals surface area contributed by atoms with Crippen LogP contribution < -0.4 is 15.1 Å². The van der Waals surface area contributed by atoms with E-state index in [9.17, 15) is 9.59 Å². The van der Waals surface area contributed by atoms with E-state index in [4.69, 9.17) is 20.8 Å². The number of halogens is 2. The van der Waals surface area contributed by atoms with E-state index in [-0.39, 0.29) is 16.8 Å². The summed E-state index contributed by atoms with van der Waals surface area (Å²) >= 11 is 9.38. The van der Waals surface area contributed by atoms with E-state index in [0.29, 0.717) is 27.6 Å². The van der Waals surface area contributed by atoms with Crippen molar-refractivity contribution in [2.24, 2.45) is 0 Å². The minimum absolute atomic E-state index is 0.0115. The average molecular weight is 498 g/mol. The smallest absolute Gasteiger partial charge is 0.296 e. The summed E-state index contributed by atoms with van der Waals surface area (Å²) in [5.41, 5.74) is 1.09. The maximum absolute atomic E-state index is 13.5. The minimum Gasteiger partial charge on any atom is -0.497 e. The number of benzene rings is 2. The Morgan fingerprint density at radius 3 is 2.55 bits per heavy atom. The first kappa shape index (κ1) is 19.8.